The second kappa shape index (κ2) is 5.18. The average molecular weight is 321 g/mol. The van der Waals surface area contributed by atoms with Crippen LogP contribution in [0, 0.1) is 5.92 Å². The molecule has 1 aliphatic rings. The first-order valence-corrected chi connectivity index (χ1v) is 8.30. The zero-order chi connectivity index (χ0) is 12.5. The average Bonchev–Trinajstić information content (AvgIpc) is 3.04. The second-order valence-corrected chi connectivity index (χ2v) is 7.18. The number of alkyl halides is 1. The van der Waals surface area contributed by atoms with Gasteiger partial charge in [-0.2, -0.15) is 0 Å². The van der Waals surface area contributed by atoms with Gasteiger partial charge in [0.25, 0.3) is 0 Å². The van der Waals surface area contributed by atoms with Gasteiger partial charge in [-0.3, -0.25) is 0 Å². The van der Waals surface area contributed by atoms with Gasteiger partial charge in [-0.15, -0.1) is 11.3 Å². The van der Waals surface area contributed by atoms with E-state index in [2.05, 4.69) is 59.3 Å². The maximum atomic E-state index is 3.92. The molecule has 0 nitrogen and oxygen atoms in total. The van der Waals surface area contributed by atoms with Gasteiger partial charge in [-0.25, -0.2) is 0 Å². The van der Waals surface area contributed by atoms with Crippen molar-refractivity contribution in [1.29, 1.82) is 0 Å². The molecule has 0 saturated heterocycles. The van der Waals surface area contributed by atoms with E-state index in [4.69, 9.17) is 0 Å². The molecule has 1 unspecified atom stereocenters. The van der Waals surface area contributed by atoms with Crippen LogP contribution in [0.15, 0.2) is 36.4 Å². The smallest absolute Gasteiger partial charge is 0.0523 e. The summed E-state index contributed by atoms with van der Waals surface area (Å²) in [4.78, 5) is 3.49. The first-order chi connectivity index (χ1) is 8.78. The number of benzene rings is 1. The summed E-state index contributed by atoms with van der Waals surface area (Å²) in [5.74, 6) is 0.714. The van der Waals surface area contributed by atoms with E-state index in [0.29, 0.717) is 10.7 Å². The Balaban J connectivity index is 1.77. The summed E-state index contributed by atoms with van der Waals surface area (Å²) in [7, 11) is 0. The fourth-order valence-electron chi connectivity index (χ4n) is 2.76. The Hall–Kier alpha value is -0.600. The van der Waals surface area contributed by atoms with E-state index in [1.54, 1.807) is 11.1 Å². The number of aryl methyl sites for hydroxylation is 1. The molecule has 18 heavy (non-hydrogen) atoms. The van der Waals surface area contributed by atoms with Gasteiger partial charge in [0.2, 0.25) is 0 Å². The summed E-state index contributed by atoms with van der Waals surface area (Å²) in [6.45, 7) is 2.23. The fraction of sp³-hybridized carbons (Fsp3) is 0.375. The minimum absolute atomic E-state index is 0.509. The molecule has 2 aromatic rings. The molecule has 0 spiro atoms. The van der Waals surface area contributed by atoms with Gasteiger partial charge in [0, 0.05) is 9.75 Å². The number of halogens is 1. The van der Waals surface area contributed by atoms with Crippen molar-refractivity contribution >= 4 is 27.3 Å². The summed E-state index contributed by atoms with van der Waals surface area (Å²) in [6, 6.07) is 13.4. The summed E-state index contributed by atoms with van der Waals surface area (Å²) >= 11 is 5.88. The van der Waals surface area contributed by atoms with E-state index in [0.717, 1.165) is 6.42 Å². The first kappa shape index (κ1) is 12.4. The molecule has 0 amide bonds. The van der Waals surface area contributed by atoms with Crippen LogP contribution in [0.25, 0.3) is 0 Å². The van der Waals surface area contributed by atoms with Crippen molar-refractivity contribution in [3.05, 3.63) is 57.3 Å². The minimum Gasteiger partial charge on any atom is -0.144 e. The normalized spacial score (nSPS) is 16.8. The molecule has 0 N–H and O–H groups in total. The van der Waals surface area contributed by atoms with E-state index in [1.165, 1.54) is 22.6 Å². The van der Waals surface area contributed by atoms with Crippen molar-refractivity contribution in [3.8, 4) is 0 Å². The molecule has 0 aliphatic heterocycles. The van der Waals surface area contributed by atoms with Gasteiger partial charge in [-0.1, -0.05) is 47.1 Å². The standard InChI is InChI=1S/C16H17BrS/c1-2-14-7-8-15(18-14)16(17)13-9-11-5-3-4-6-12(11)10-13/h3-8,13,16H,2,9-10H2,1H3. The summed E-state index contributed by atoms with van der Waals surface area (Å²) in [5, 5.41) is 0. The van der Waals surface area contributed by atoms with Gasteiger partial charge in [0.1, 0.15) is 0 Å². The molecule has 1 aliphatic carbocycles. The van der Waals surface area contributed by atoms with Gasteiger partial charge in [0.15, 0.2) is 0 Å². The zero-order valence-corrected chi connectivity index (χ0v) is 12.9. The molecule has 1 aromatic carbocycles. The summed E-state index contributed by atoms with van der Waals surface area (Å²) in [5.41, 5.74) is 3.08. The lowest BCUT2D eigenvalue weighted by Gasteiger charge is -2.15. The maximum absolute atomic E-state index is 3.92. The lowest BCUT2D eigenvalue weighted by molar-refractivity contribution is 0.559. The van der Waals surface area contributed by atoms with Crippen molar-refractivity contribution in [2.75, 3.05) is 0 Å². The van der Waals surface area contributed by atoms with Crippen LogP contribution < -0.4 is 0 Å². The third kappa shape index (κ3) is 2.28. The highest BCUT2D eigenvalue weighted by molar-refractivity contribution is 9.09. The Bertz CT molecular complexity index is 519. The molecule has 3 rings (SSSR count). The van der Waals surface area contributed by atoms with Crippen LogP contribution in [0.4, 0.5) is 0 Å². The Kier molecular flexibility index (Phi) is 3.58. The number of rotatable bonds is 3. The molecular formula is C16H17BrS. The van der Waals surface area contributed by atoms with Gasteiger partial charge >= 0.3 is 0 Å². The van der Waals surface area contributed by atoms with Crippen LogP contribution in [0.2, 0.25) is 0 Å². The van der Waals surface area contributed by atoms with E-state index < -0.39 is 0 Å². The monoisotopic (exact) mass is 320 g/mol. The molecule has 0 radical (unpaired) electrons. The Labute approximate surface area is 121 Å². The van der Waals surface area contributed by atoms with Gasteiger partial charge in [-0.05, 0) is 48.4 Å². The van der Waals surface area contributed by atoms with Crippen molar-refractivity contribution in [3.63, 3.8) is 0 Å². The lowest BCUT2D eigenvalue weighted by Crippen LogP contribution is -2.06. The maximum Gasteiger partial charge on any atom is 0.0523 e. The predicted molar refractivity (Wildman–Crippen MR) is 82.7 cm³/mol. The molecule has 94 valence electrons. The Morgan fingerprint density at radius 3 is 2.39 bits per heavy atom. The van der Waals surface area contributed by atoms with Crippen LogP contribution in [0.5, 0.6) is 0 Å². The first-order valence-electron chi connectivity index (χ1n) is 6.57. The molecule has 0 saturated carbocycles. The van der Waals surface area contributed by atoms with E-state index in [9.17, 15) is 0 Å². The third-order valence-corrected chi connectivity index (χ3v) is 6.66. The molecule has 1 atom stereocenters. The highest BCUT2D eigenvalue weighted by Crippen LogP contribution is 2.42. The number of thiophene rings is 1. The lowest BCUT2D eigenvalue weighted by atomic mass is 10.0. The minimum atomic E-state index is 0.509. The Morgan fingerprint density at radius 2 is 1.83 bits per heavy atom. The fourth-order valence-corrected chi connectivity index (χ4v) is 4.60. The SMILES string of the molecule is CCc1ccc(C(Br)C2Cc3ccccc3C2)s1. The largest absolute Gasteiger partial charge is 0.144 e. The van der Waals surface area contributed by atoms with Crippen LogP contribution >= 0.6 is 27.3 Å². The number of hydrogen-bond donors (Lipinski definition) is 0. The zero-order valence-electron chi connectivity index (χ0n) is 10.5. The Morgan fingerprint density at radius 1 is 1.17 bits per heavy atom. The molecule has 0 fully saturated rings. The van der Waals surface area contributed by atoms with Crippen LogP contribution in [-0.4, -0.2) is 0 Å². The summed E-state index contributed by atoms with van der Waals surface area (Å²) < 4.78 is 0. The quantitative estimate of drug-likeness (QED) is 0.685. The van der Waals surface area contributed by atoms with E-state index in [-0.39, 0.29) is 0 Å². The van der Waals surface area contributed by atoms with Crippen LogP contribution in [0.1, 0.15) is 32.6 Å². The van der Waals surface area contributed by atoms with Gasteiger partial charge in [0.05, 0.1) is 4.83 Å². The predicted octanol–water partition coefficient (Wildman–Crippen LogP) is 5.16. The molecule has 1 aromatic heterocycles. The van der Waals surface area contributed by atoms with Crippen molar-refractivity contribution in [2.45, 2.75) is 31.0 Å². The molecule has 2 heteroatoms. The van der Waals surface area contributed by atoms with Gasteiger partial charge < -0.3 is 0 Å². The van der Waals surface area contributed by atoms with Crippen molar-refractivity contribution < 1.29 is 0 Å². The van der Waals surface area contributed by atoms with Crippen molar-refractivity contribution in [1.82, 2.24) is 0 Å². The third-order valence-electron chi connectivity index (χ3n) is 3.80. The summed E-state index contributed by atoms with van der Waals surface area (Å²) in [6.07, 6.45) is 3.58. The second-order valence-electron chi connectivity index (χ2n) is 5.00. The van der Waals surface area contributed by atoms with E-state index in [1.807, 2.05) is 11.3 Å². The molecule has 0 bridgehead atoms. The van der Waals surface area contributed by atoms with Crippen molar-refractivity contribution in [2.24, 2.45) is 5.92 Å². The van der Waals surface area contributed by atoms with E-state index >= 15 is 0 Å². The number of hydrogen-bond acceptors (Lipinski definition) is 1. The highest BCUT2D eigenvalue weighted by atomic mass is 79.9. The van der Waals surface area contributed by atoms with Crippen LogP contribution in [-0.2, 0) is 19.3 Å². The molecule has 1 heterocycles. The van der Waals surface area contributed by atoms with Crippen LogP contribution in [0.3, 0.4) is 0 Å². The number of fused-ring (bicyclic) bond motifs is 1. The highest BCUT2D eigenvalue weighted by Gasteiger charge is 2.28. The molecular weight excluding hydrogens is 304 g/mol. The topological polar surface area (TPSA) is 0 Å².